The van der Waals surface area contributed by atoms with Crippen molar-refractivity contribution >= 4 is 11.9 Å². The third-order valence-corrected chi connectivity index (χ3v) is 2.39. The lowest BCUT2D eigenvalue weighted by atomic mass is 10.1. The second kappa shape index (κ2) is 6.22. The standard InChI is InChI=1S/C11H21N5O/c1-8(2)6-7-16(4)10-13-9(12-3)14-11(15-10)17-5/h8H,6-7H2,1-5H3,(H,12,13,14,15). The molecule has 6 heteroatoms. The van der Waals surface area contributed by atoms with Gasteiger partial charge in [-0.25, -0.2) is 0 Å². The van der Waals surface area contributed by atoms with Crippen LogP contribution in [-0.2, 0) is 0 Å². The highest BCUT2D eigenvalue weighted by atomic mass is 16.5. The number of rotatable bonds is 6. The normalized spacial score (nSPS) is 10.5. The molecule has 0 aliphatic rings. The number of nitrogens with zero attached hydrogens (tertiary/aromatic N) is 4. The average Bonchev–Trinajstić information content (AvgIpc) is 2.34. The molecule has 0 saturated heterocycles. The Morgan fingerprint density at radius 3 is 2.53 bits per heavy atom. The maximum absolute atomic E-state index is 5.04. The number of methoxy groups -OCH3 is 1. The first-order chi connectivity index (χ1) is 8.06. The van der Waals surface area contributed by atoms with Crippen molar-refractivity contribution in [1.29, 1.82) is 0 Å². The number of hydrogen-bond acceptors (Lipinski definition) is 6. The van der Waals surface area contributed by atoms with Gasteiger partial charge in [-0.1, -0.05) is 13.8 Å². The van der Waals surface area contributed by atoms with Crippen LogP contribution in [0.3, 0.4) is 0 Å². The molecule has 0 spiro atoms. The summed E-state index contributed by atoms with van der Waals surface area (Å²) < 4.78 is 5.04. The summed E-state index contributed by atoms with van der Waals surface area (Å²) in [5.41, 5.74) is 0. The van der Waals surface area contributed by atoms with Crippen molar-refractivity contribution in [3.8, 4) is 6.01 Å². The zero-order valence-electron chi connectivity index (χ0n) is 11.2. The maximum atomic E-state index is 5.04. The molecule has 0 radical (unpaired) electrons. The van der Waals surface area contributed by atoms with Crippen molar-refractivity contribution in [3.63, 3.8) is 0 Å². The van der Waals surface area contributed by atoms with Crippen LogP contribution < -0.4 is 15.0 Å². The van der Waals surface area contributed by atoms with E-state index in [1.165, 1.54) is 0 Å². The highest BCUT2D eigenvalue weighted by molar-refractivity contribution is 5.37. The number of aromatic nitrogens is 3. The minimum atomic E-state index is 0.329. The van der Waals surface area contributed by atoms with Crippen LogP contribution in [0.25, 0.3) is 0 Å². The first kappa shape index (κ1) is 13.5. The lowest BCUT2D eigenvalue weighted by molar-refractivity contribution is 0.379. The largest absolute Gasteiger partial charge is 0.467 e. The third-order valence-electron chi connectivity index (χ3n) is 2.39. The highest BCUT2D eigenvalue weighted by Crippen LogP contribution is 2.14. The summed E-state index contributed by atoms with van der Waals surface area (Å²) in [7, 11) is 5.29. The quantitative estimate of drug-likeness (QED) is 0.809. The summed E-state index contributed by atoms with van der Waals surface area (Å²) in [6.45, 7) is 5.30. The number of ether oxygens (including phenoxy) is 1. The molecular weight excluding hydrogens is 218 g/mol. The maximum Gasteiger partial charge on any atom is 0.322 e. The van der Waals surface area contributed by atoms with Gasteiger partial charge in [0, 0.05) is 20.6 Å². The van der Waals surface area contributed by atoms with Crippen LogP contribution in [0.5, 0.6) is 6.01 Å². The Kier molecular flexibility index (Phi) is 4.93. The average molecular weight is 239 g/mol. The van der Waals surface area contributed by atoms with Gasteiger partial charge in [-0.3, -0.25) is 0 Å². The van der Waals surface area contributed by atoms with Gasteiger partial charge in [0.25, 0.3) is 0 Å². The molecule has 0 aliphatic heterocycles. The van der Waals surface area contributed by atoms with E-state index in [2.05, 4.69) is 34.1 Å². The van der Waals surface area contributed by atoms with Gasteiger partial charge in [-0.05, 0) is 12.3 Å². The van der Waals surface area contributed by atoms with Crippen molar-refractivity contribution in [3.05, 3.63) is 0 Å². The molecular formula is C11H21N5O. The summed E-state index contributed by atoms with van der Waals surface area (Å²) in [5, 5.41) is 2.89. The predicted octanol–water partition coefficient (Wildman–Crippen LogP) is 1.40. The monoisotopic (exact) mass is 239 g/mol. The van der Waals surface area contributed by atoms with E-state index in [1.54, 1.807) is 14.2 Å². The van der Waals surface area contributed by atoms with Gasteiger partial charge in [0.1, 0.15) is 0 Å². The van der Waals surface area contributed by atoms with Crippen molar-refractivity contribution in [1.82, 2.24) is 15.0 Å². The van der Waals surface area contributed by atoms with E-state index in [0.717, 1.165) is 13.0 Å². The van der Waals surface area contributed by atoms with Crippen LogP contribution in [0.4, 0.5) is 11.9 Å². The summed E-state index contributed by atoms with van der Waals surface area (Å²) in [5.74, 6) is 1.80. The van der Waals surface area contributed by atoms with E-state index < -0.39 is 0 Å². The second-order valence-electron chi connectivity index (χ2n) is 4.30. The Morgan fingerprint density at radius 1 is 1.29 bits per heavy atom. The Bertz CT molecular complexity index is 333. The molecule has 96 valence electrons. The smallest absolute Gasteiger partial charge is 0.322 e. The zero-order valence-corrected chi connectivity index (χ0v) is 11.2. The molecule has 0 aromatic carbocycles. The van der Waals surface area contributed by atoms with Crippen molar-refractivity contribution in [2.24, 2.45) is 5.92 Å². The molecule has 0 unspecified atom stereocenters. The van der Waals surface area contributed by atoms with Crippen molar-refractivity contribution in [2.75, 3.05) is 38.0 Å². The first-order valence-electron chi connectivity index (χ1n) is 5.75. The fourth-order valence-corrected chi connectivity index (χ4v) is 1.27. The van der Waals surface area contributed by atoms with E-state index in [9.17, 15) is 0 Å². The molecule has 0 saturated carbocycles. The second-order valence-corrected chi connectivity index (χ2v) is 4.30. The van der Waals surface area contributed by atoms with Gasteiger partial charge in [0.05, 0.1) is 7.11 Å². The fourth-order valence-electron chi connectivity index (χ4n) is 1.27. The van der Waals surface area contributed by atoms with Gasteiger partial charge in [-0.2, -0.15) is 15.0 Å². The Labute approximate surface area is 102 Å². The molecule has 1 N–H and O–H groups in total. The summed E-state index contributed by atoms with van der Waals surface area (Å²) in [6, 6.07) is 0.329. The molecule has 1 aromatic rings. The Balaban J connectivity index is 2.80. The Hall–Kier alpha value is -1.59. The number of anilines is 2. The molecule has 6 nitrogen and oxygen atoms in total. The van der Waals surface area contributed by atoms with Gasteiger partial charge >= 0.3 is 6.01 Å². The van der Waals surface area contributed by atoms with Crippen LogP contribution in [0.1, 0.15) is 20.3 Å². The van der Waals surface area contributed by atoms with Gasteiger partial charge < -0.3 is 15.0 Å². The molecule has 17 heavy (non-hydrogen) atoms. The van der Waals surface area contributed by atoms with Crippen LogP contribution in [0.2, 0.25) is 0 Å². The summed E-state index contributed by atoms with van der Waals surface area (Å²) in [6.07, 6.45) is 1.10. The van der Waals surface area contributed by atoms with Crippen LogP contribution >= 0.6 is 0 Å². The third kappa shape index (κ3) is 4.05. The molecule has 0 aliphatic carbocycles. The van der Waals surface area contributed by atoms with E-state index >= 15 is 0 Å². The van der Waals surface area contributed by atoms with E-state index in [4.69, 9.17) is 4.74 Å². The van der Waals surface area contributed by atoms with Crippen molar-refractivity contribution in [2.45, 2.75) is 20.3 Å². The van der Waals surface area contributed by atoms with E-state index in [-0.39, 0.29) is 0 Å². The van der Waals surface area contributed by atoms with E-state index in [0.29, 0.717) is 23.8 Å². The zero-order chi connectivity index (χ0) is 12.8. The molecule has 0 bridgehead atoms. The topological polar surface area (TPSA) is 63.2 Å². The van der Waals surface area contributed by atoms with Gasteiger partial charge in [0.15, 0.2) is 0 Å². The minimum Gasteiger partial charge on any atom is -0.467 e. The number of hydrogen-bond donors (Lipinski definition) is 1. The van der Waals surface area contributed by atoms with Crippen molar-refractivity contribution < 1.29 is 4.74 Å². The Morgan fingerprint density at radius 2 is 2.00 bits per heavy atom. The van der Waals surface area contributed by atoms with Crippen LogP contribution in [0.15, 0.2) is 0 Å². The molecule has 1 rings (SSSR count). The summed E-state index contributed by atoms with van der Waals surface area (Å²) in [4.78, 5) is 14.6. The van der Waals surface area contributed by atoms with Crippen LogP contribution in [0, 0.1) is 5.92 Å². The SMILES string of the molecule is CNc1nc(OC)nc(N(C)CCC(C)C)n1. The van der Waals surface area contributed by atoms with Crippen LogP contribution in [-0.4, -0.2) is 42.7 Å². The highest BCUT2D eigenvalue weighted by Gasteiger charge is 2.10. The number of nitrogens with one attached hydrogen (secondary N) is 1. The van der Waals surface area contributed by atoms with Gasteiger partial charge in [0.2, 0.25) is 11.9 Å². The van der Waals surface area contributed by atoms with E-state index in [1.807, 2.05) is 11.9 Å². The predicted molar refractivity (Wildman–Crippen MR) is 68.7 cm³/mol. The lowest BCUT2D eigenvalue weighted by Gasteiger charge is -2.18. The molecule has 0 amide bonds. The molecule has 0 atom stereocenters. The van der Waals surface area contributed by atoms with Gasteiger partial charge in [-0.15, -0.1) is 0 Å². The fraction of sp³-hybridized carbons (Fsp3) is 0.727. The summed E-state index contributed by atoms with van der Waals surface area (Å²) >= 11 is 0. The lowest BCUT2D eigenvalue weighted by Crippen LogP contribution is -2.23. The first-order valence-corrected chi connectivity index (χ1v) is 5.75. The molecule has 0 fully saturated rings. The minimum absolute atomic E-state index is 0.329. The molecule has 1 aromatic heterocycles. The molecule has 1 heterocycles.